The van der Waals surface area contributed by atoms with E-state index in [1.54, 1.807) is 18.3 Å². The third-order valence-electron chi connectivity index (χ3n) is 4.72. The lowest BCUT2D eigenvalue weighted by atomic mass is 10.0. The van der Waals surface area contributed by atoms with Gasteiger partial charge in [-0.25, -0.2) is 9.18 Å². The van der Waals surface area contributed by atoms with Crippen molar-refractivity contribution in [3.8, 4) is 5.75 Å². The van der Waals surface area contributed by atoms with Gasteiger partial charge in [0.1, 0.15) is 6.04 Å². The van der Waals surface area contributed by atoms with Gasteiger partial charge in [0.2, 0.25) is 0 Å². The van der Waals surface area contributed by atoms with Crippen molar-refractivity contribution in [2.24, 2.45) is 0 Å². The zero-order valence-corrected chi connectivity index (χ0v) is 14.2. The maximum atomic E-state index is 13.8. The van der Waals surface area contributed by atoms with E-state index in [9.17, 15) is 19.1 Å². The van der Waals surface area contributed by atoms with Crippen LogP contribution in [0.15, 0.2) is 48.7 Å². The first-order chi connectivity index (χ1) is 13.0. The molecule has 2 aromatic carbocycles. The van der Waals surface area contributed by atoms with Crippen molar-refractivity contribution in [3.63, 3.8) is 0 Å². The van der Waals surface area contributed by atoms with E-state index in [1.807, 2.05) is 24.3 Å². The minimum atomic E-state index is -1.14. The fourth-order valence-corrected chi connectivity index (χ4v) is 3.36. The summed E-state index contributed by atoms with van der Waals surface area (Å²) < 4.78 is 19.2. The van der Waals surface area contributed by atoms with Gasteiger partial charge in [0.05, 0.1) is 0 Å². The first-order valence-corrected chi connectivity index (χ1v) is 8.55. The van der Waals surface area contributed by atoms with Gasteiger partial charge in [-0.3, -0.25) is 4.79 Å². The number of aromatic amines is 1. The molecular formula is C20H17FN2O4. The van der Waals surface area contributed by atoms with Crippen LogP contribution < -0.4 is 10.1 Å². The zero-order chi connectivity index (χ0) is 19.0. The van der Waals surface area contributed by atoms with E-state index in [0.29, 0.717) is 5.56 Å². The molecule has 7 heteroatoms. The van der Waals surface area contributed by atoms with E-state index >= 15 is 0 Å². The Bertz CT molecular complexity index is 1030. The van der Waals surface area contributed by atoms with Gasteiger partial charge in [0, 0.05) is 35.5 Å². The summed E-state index contributed by atoms with van der Waals surface area (Å²) in [6.07, 6.45) is 1.13. The van der Waals surface area contributed by atoms with Gasteiger partial charge in [-0.2, -0.15) is 0 Å². The summed E-state index contributed by atoms with van der Waals surface area (Å²) in [7, 11) is 0. The number of halogens is 1. The van der Waals surface area contributed by atoms with Gasteiger partial charge in [0.25, 0.3) is 5.91 Å². The molecule has 3 aromatic rings. The van der Waals surface area contributed by atoms with E-state index in [1.165, 1.54) is 6.07 Å². The van der Waals surface area contributed by atoms with Gasteiger partial charge < -0.3 is 20.1 Å². The first kappa shape index (κ1) is 17.1. The van der Waals surface area contributed by atoms with Crippen LogP contribution >= 0.6 is 0 Å². The van der Waals surface area contributed by atoms with Crippen molar-refractivity contribution in [2.45, 2.75) is 25.0 Å². The minimum Gasteiger partial charge on any atom is -0.480 e. The number of ether oxygens (including phenoxy) is 1. The maximum Gasteiger partial charge on any atom is 0.326 e. The molecule has 0 bridgehead atoms. The highest BCUT2D eigenvalue weighted by Crippen LogP contribution is 2.31. The third kappa shape index (κ3) is 3.23. The van der Waals surface area contributed by atoms with Gasteiger partial charge in [-0.05, 0) is 17.7 Å². The maximum absolute atomic E-state index is 13.8. The third-order valence-corrected chi connectivity index (χ3v) is 4.72. The SMILES string of the molecule is O=C(O)[C@H](Cc1c[nH]c2ccccc12)NC(=O)[C@H]1Cc2cccc(F)c2O1. The lowest BCUT2D eigenvalue weighted by Gasteiger charge is -2.17. The number of carboxylic acid groups (broad SMARTS) is 1. The molecule has 0 unspecified atom stereocenters. The molecule has 0 aliphatic carbocycles. The molecule has 0 radical (unpaired) electrons. The van der Waals surface area contributed by atoms with E-state index in [-0.39, 0.29) is 18.6 Å². The standard InChI is InChI=1S/C20H17FN2O4/c21-14-6-3-4-11-9-17(27-18(11)14)19(24)23-16(20(25)26)8-12-10-22-15-7-2-1-5-13(12)15/h1-7,10,16-17,22H,8-9H2,(H,23,24)(H,25,26)/t16-,17+/m0/s1. The molecular weight excluding hydrogens is 351 g/mol. The number of hydrogen-bond acceptors (Lipinski definition) is 3. The predicted molar refractivity (Wildman–Crippen MR) is 96.1 cm³/mol. The lowest BCUT2D eigenvalue weighted by molar-refractivity contribution is -0.142. The Morgan fingerprint density at radius 1 is 1.26 bits per heavy atom. The fourth-order valence-electron chi connectivity index (χ4n) is 3.36. The summed E-state index contributed by atoms with van der Waals surface area (Å²) >= 11 is 0. The predicted octanol–water partition coefficient (Wildman–Crippen LogP) is 2.42. The number of carboxylic acids is 1. The second kappa shape index (κ2) is 6.75. The van der Waals surface area contributed by atoms with Crippen molar-refractivity contribution in [1.29, 1.82) is 0 Å². The number of benzene rings is 2. The number of aromatic nitrogens is 1. The molecule has 6 nitrogen and oxygen atoms in total. The van der Waals surface area contributed by atoms with Crippen LogP contribution in [0.3, 0.4) is 0 Å². The van der Waals surface area contributed by atoms with Crippen LogP contribution in [0.2, 0.25) is 0 Å². The Hall–Kier alpha value is -3.35. The molecule has 3 N–H and O–H groups in total. The summed E-state index contributed by atoms with van der Waals surface area (Å²) in [4.78, 5) is 27.2. The van der Waals surface area contributed by atoms with Gasteiger partial charge >= 0.3 is 5.97 Å². The Kier molecular flexibility index (Phi) is 4.27. The number of aliphatic carboxylic acids is 1. The summed E-state index contributed by atoms with van der Waals surface area (Å²) in [5.74, 6) is -2.19. The van der Waals surface area contributed by atoms with Crippen LogP contribution in [-0.4, -0.2) is 34.1 Å². The van der Waals surface area contributed by atoms with Crippen LogP contribution in [0.25, 0.3) is 10.9 Å². The van der Waals surface area contributed by atoms with Crippen LogP contribution in [0.5, 0.6) is 5.75 Å². The number of amides is 1. The van der Waals surface area contributed by atoms with Crippen molar-refractivity contribution >= 4 is 22.8 Å². The van der Waals surface area contributed by atoms with Crippen LogP contribution in [0.1, 0.15) is 11.1 Å². The number of rotatable bonds is 5. The molecule has 1 aliphatic rings. The number of hydrogen-bond donors (Lipinski definition) is 3. The number of H-pyrrole nitrogens is 1. The Morgan fingerprint density at radius 2 is 2.07 bits per heavy atom. The normalized spacial score (nSPS) is 16.6. The van der Waals surface area contributed by atoms with E-state index < -0.39 is 29.8 Å². The second-order valence-corrected chi connectivity index (χ2v) is 6.50. The number of nitrogens with one attached hydrogen (secondary N) is 2. The molecule has 4 rings (SSSR count). The number of fused-ring (bicyclic) bond motifs is 2. The average molecular weight is 368 g/mol. The number of para-hydroxylation sites is 2. The highest BCUT2D eigenvalue weighted by molar-refractivity contribution is 5.89. The van der Waals surface area contributed by atoms with Crippen LogP contribution in [-0.2, 0) is 22.4 Å². The fraction of sp³-hybridized carbons (Fsp3) is 0.200. The average Bonchev–Trinajstić information content (AvgIpc) is 3.26. The van der Waals surface area contributed by atoms with Crippen molar-refractivity contribution in [2.75, 3.05) is 0 Å². The molecule has 1 amide bonds. The molecule has 27 heavy (non-hydrogen) atoms. The Balaban J connectivity index is 1.48. The molecule has 2 heterocycles. The first-order valence-electron chi connectivity index (χ1n) is 8.55. The quantitative estimate of drug-likeness (QED) is 0.645. The van der Waals surface area contributed by atoms with Crippen molar-refractivity contribution in [3.05, 3.63) is 65.6 Å². The lowest BCUT2D eigenvalue weighted by Crippen LogP contribution is -2.47. The molecule has 2 atom stereocenters. The number of carbonyl (C=O) groups is 2. The molecule has 0 spiro atoms. The van der Waals surface area contributed by atoms with Gasteiger partial charge in [-0.1, -0.05) is 30.3 Å². The molecule has 0 fully saturated rings. The second-order valence-electron chi connectivity index (χ2n) is 6.50. The summed E-state index contributed by atoms with van der Waals surface area (Å²) in [6, 6.07) is 10.9. The molecule has 1 aromatic heterocycles. The summed E-state index contributed by atoms with van der Waals surface area (Å²) in [6.45, 7) is 0. The molecule has 1 aliphatic heterocycles. The highest BCUT2D eigenvalue weighted by atomic mass is 19.1. The van der Waals surface area contributed by atoms with E-state index in [0.717, 1.165) is 16.5 Å². The Morgan fingerprint density at radius 3 is 2.85 bits per heavy atom. The topological polar surface area (TPSA) is 91.4 Å². The Labute approximate surface area is 154 Å². The smallest absolute Gasteiger partial charge is 0.326 e. The van der Waals surface area contributed by atoms with E-state index in [2.05, 4.69) is 10.3 Å². The molecule has 0 saturated heterocycles. The zero-order valence-electron chi connectivity index (χ0n) is 14.2. The van der Waals surface area contributed by atoms with Crippen LogP contribution in [0.4, 0.5) is 4.39 Å². The van der Waals surface area contributed by atoms with Crippen LogP contribution in [0, 0.1) is 5.82 Å². The summed E-state index contributed by atoms with van der Waals surface area (Å²) in [5.41, 5.74) is 2.28. The largest absolute Gasteiger partial charge is 0.480 e. The molecule has 0 saturated carbocycles. The van der Waals surface area contributed by atoms with Gasteiger partial charge in [-0.15, -0.1) is 0 Å². The van der Waals surface area contributed by atoms with Crippen molar-refractivity contribution < 1.29 is 23.8 Å². The van der Waals surface area contributed by atoms with Gasteiger partial charge in [0.15, 0.2) is 17.7 Å². The number of carbonyl (C=O) groups excluding carboxylic acids is 1. The minimum absolute atomic E-state index is 0.0566. The van der Waals surface area contributed by atoms with Crippen molar-refractivity contribution in [1.82, 2.24) is 10.3 Å². The molecule has 138 valence electrons. The summed E-state index contributed by atoms with van der Waals surface area (Å²) in [5, 5.41) is 13.0. The monoisotopic (exact) mass is 368 g/mol. The highest BCUT2D eigenvalue weighted by Gasteiger charge is 2.33. The van der Waals surface area contributed by atoms with E-state index in [4.69, 9.17) is 4.74 Å².